The highest BCUT2D eigenvalue weighted by Crippen LogP contribution is 2.33. The zero-order valence-electron chi connectivity index (χ0n) is 21.1. The summed E-state index contributed by atoms with van der Waals surface area (Å²) in [6.07, 6.45) is 13.9. The number of rotatable bonds is 13. The molecule has 34 heavy (non-hydrogen) atoms. The molecule has 1 aliphatic heterocycles. The van der Waals surface area contributed by atoms with Gasteiger partial charge < -0.3 is 9.47 Å². The van der Waals surface area contributed by atoms with E-state index < -0.39 is 0 Å². The summed E-state index contributed by atoms with van der Waals surface area (Å²) in [6, 6.07) is 16.7. The van der Waals surface area contributed by atoms with Gasteiger partial charge in [0.15, 0.2) is 0 Å². The average molecular weight is 460 g/mol. The van der Waals surface area contributed by atoms with Gasteiger partial charge in [0.25, 0.3) is 0 Å². The van der Waals surface area contributed by atoms with E-state index in [4.69, 9.17) is 4.98 Å². The summed E-state index contributed by atoms with van der Waals surface area (Å²) in [4.78, 5) is 19.9. The number of unbranched alkanes of at least 4 members (excludes halogenated alkanes) is 9. The lowest BCUT2D eigenvalue weighted by molar-refractivity contribution is -0.117. The second-order valence-electron chi connectivity index (χ2n) is 10.0. The van der Waals surface area contributed by atoms with Crippen molar-refractivity contribution in [1.82, 2.24) is 9.55 Å². The summed E-state index contributed by atoms with van der Waals surface area (Å²) in [7, 11) is 0. The van der Waals surface area contributed by atoms with E-state index in [2.05, 4.69) is 66.9 Å². The number of para-hydroxylation sites is 2. The standard InChI is InChI=1S/C30H41N3O/c1-3-4-5-6-7-8-9-10-11-14-21-32-28-16-13-12-15-27(28)31-30(32)25-22-29(34)33(23-25)26-19-17-24(2)18-20-26/h12-13,15-20,25H,3-11,14,21-23H2,1-2H3. The molecule has 2 aromatic carbocycles. The van der Waals surface area contributed by atoms with E-state index in [1.54, 1.807) is 0 Å². The van der Waals surface area contributed by atoms with Crippen molar-refractivity contribution in [2.45, 2.75) is 96.9 Å². The highest BCUT2D eigenvalue weighted by Gasteiger charge is 2.34. The lowest BCUT2D eigenvalue weighted by Gasteiger charge is -2.17. The number of carbonyl (C=O) groups is 1. The van der Waals surface area contributed by atoms with Gasteiger partial charge >= 0.3 is 0 Å². The minimum Gasteiger partial charge on any atom is -0.328 e. The van der Waals surface area contributed by atoms with Gasteiger partial charge in [0.1, 0.15) is 5.82 Å². The quantitative estimate of drug-likeness (QED) is 0.245. The Kier molecular flexibility index (Phi) is 8.79. The molecule has 1 saturated heterocycles. The van der Waals surface area contributed by atoms with E-state index in [-0.39, 0.29) is 11.8 Å². The first-order valence-electron chi connectivity index (χ1n) is 13.5. The molecule has 1 fully saturated rings. The number of carbonyl (C=O) groups excluding carboxylic acids is 1. The number of fused-ring (bicyclic) bond motifs is 1. The third-order valence-electron chi connectivity index (χ3n) is 7.26. The van der Waals surface area contributed by atoms with E-state index in [0.717, 1.165) is 23.6 Å². The van der Waals surface area contributed by atoms with Gasteiger partial charge in [-0.15, -0.1) is 0 Å². The lowest BCUT2D eigenvalue weighted by Crippen LogP contribution is -2.24. The molecule has 0 spiro atoms. The number of hydrogen-bond acceptors (Lipinski definition) is 2. The second-order valence-corrected chi connectivity index (χ2v) is 10.0. The zero-order chi connectivity index (χ0) is 23.8. The van der Waals surface area contributed by atoms with Crippen LogP contribution in [-0.2, 0) is 11.3 Å². The molecule has 1 unspecified atom stereocenters. The Hall–Kier alpha value is -2.62. The van der Waals surface area contributed by atoms with E-state index in [0.29, 0.717) is 13.0 Å². The maximum absolute atomic E-state index is 12.9. The van der Waals surface area contributed by atoms with Crippen molar-refractivity contribution in [2.24, 2.45) is 0 Å². The fourth-order valence-corrected chi connectivity index (χ4v) is 5.25. The molecule has 2 heterocycles. The molecular formula is C30H41N3O. The third-order valence-corrected chi connectivity index (χ3v) is 7.26. The fourth-order valence-electron chi connectivity index (χ4n) is 5.25. The molecule has 0 saturated carbocycles. The van der Waals surface area contributed by atoms with Crippen LogP contribution >= 0.6 is 0 Å². The first-order chi connectivity index (χ1) is 16.7. The van der Waals surface area contributed by atoms with Crippen LogP contribution < -0.4 is 4.90 Å². The van der Waals surface area contributed by atoms with Crippen LogP contribution in [0.15, 0.2) is 48.5 Å². The molecule has 182 valence electrons. The Labute approximate surface area is 205 Å². The van der Waals surface area contributed by atoms with Crippen molar-refractivity contribution in [1.29, 1.82) is 0 Å². The van der Waals surface area contributed by atoms with Gasteiger partial charge in [-0.05, 0) is 37.6 Å². The van der Waals surface area contributed by atoms with Crippen molar-refractivity contribution < 1.29 is 4.79 Å². The van der Waals surface area contributed by atoms with Crippen molar-refractivity contribution in [3.05, 3.63) is 59.9 Å². The molecule has 1 aromatic heterocycles. The topological polar surface area (TPSA) is 38.1 Å². The van der Waals surface area contributed by atoms with Crippen molar-refractivity contribution in [2.75, 3.05) is 11.4 Å². The maximum Gasteiger partial charge on any atom is 0.227 e. The number of anilines is 1. The van der Waals surface area contributed by atoms with Crippen LogP contribution in [0.3, 0.4) is 0 Å². The molecule has 1 amide bonds. The fraction of sp³-hybridized carbons (Fsp3) is 0.533. The molecule has 0 aliphatic carbocycles. The van der Waals surface area contributed by atoms with Gasteiger partial charge in [0.05, 0.1) is 11.0 Å². The highest BCUT2D eigenvalue weighted by molar-refractivity contribution is 5.96. The number of hydrogen-bond donors (Lipinski definition) is 0. The Balaban J connectivity index is 1.36. The van der Waals surface area contributed by atoms with Gasteiger partial charge in [0, 0.05) is 31.1 Å². The number of aromatic nitrogens is 2. The molecule has 0 N–H and O–H groups in total. The molecule has 0 bridgehead atoms. The first-order valence-corrected chi connectivity index (χ1v) is 13.5. The van der Waals surface area contributed by atoms with Crippen molar-refractivity contribution in [3.63, 3.8) is 0 Å². The summed E-state index contributed by atoms with van der Waals surface area (Å²) < 4.78 is 2.40. The summed E-state index contributed by atoms with van der Waals surface area (Å²) in [5.41, 5.74) is 4.46. The second kappa shape index (κ2) is 12.2. The average Bonchev–Trinajstić information content (AvgIpc) is 3.41. The predicted octanol–water partition coefficient (Wildman–Crippen LogP) is 7.79. The number of benzene rings is 2. The molecular weight excluding hydrogens is 418 g/mol. The number of aryl methyl sites for hydroxylation is 2. The lowest BCUT2D eigenvalue weighted by atomic mass is 10.1. The molecule has 3 aromatic rings. The van der Waals surface area contributed by atoms with Gasteiger partial charge in [-0.3, -0.25) is 4.79 Å². The van der Waals surface area contributed by atoms with Crippen LogP contribution in [0.1, 0.15) is 94.9 Å². The van der Waals surface area contributed by atoms with Crippen LogP contribution in [0, 0.1) is 6.92 Å². The molecule has 0 radical (unpaired) electrons. The Morgan fingerprint density at radius 2 is 1.50 bits per heavy atom. The number of nitrogens with zero attached hydrogens (tertiary/aromatic N) is 3. The van der Waals surface area contributed by atoms with E-state index in [1.807, 2.05) is 4.90 Å². The van der Waals surface area contributed by atoms with Gasteiger partial charge in [-0.1, -0.05) is 94.5 Å². The van der Waals surface area contributed by atoms with Crippen molar-refractivity contribution in [3.8, 4) is 0 Å². The van der Waals surface area contributed by atoms with Crippen LogP contribution in [0.25, 0.3) is 11.0 Å². The maximum atomic E-state index is 12.9. The van der Waals surface area contributed by atoms with Gasteiger partial charge in [0.2, 0.25) is 5.91 Å². The smallest absolute Gasteiger partial charge is 0.227 e. The summed E-state index contributed by atoms with van der Waals surface area (Å²) in [5, 5.41) is 0. The van der Waals surface area contributed by atoms with E-state index in [9.17, 15) is 4.79 Å². The SMILES string of the molecule is CCCCCCCCCCCCn1c(C2CC(=O)N(c3ccc(C)cc3)C2)nc2ccccc21. The molecule has 4 rings (SSSR count). The normalized spacial score (nSPS) is 16.1. The molecule has 1 aliphatic rings. The summed E-state index contributed by atoms with van der Waals surface area (Å²) >= 11 is 0. The highest BCUT2D eigenvalue weighted by atomic mass is 16.2. The molecule has 4 heteroatoms. The third kappa shape index (κ3) is 6.08. The molecule has 4 nitrogen and oxygen atoms in total. The Bertz CT molecular complexity index is 1050. The number of imidazole rings is 1. The van der Waals surface area contributed by atoms with Gasteiger partial charge in [-0.2, -0.15) is 0 Å². The van der Waals surface area contributed by atoms with Crippen LogP contribution in [0.4, 0.5) is 5.69 Å². The summed E-state index contributed by atoms with van der Waals surface area (Å²) in [5.74, 6) is 1.43. The van der Waals surface area contributed by atoms with E-state index >= 15 is 0 Å². The number of amides is 1. The monoisotopic (exact) mass is 459 g/mol. The Morgan fingerprint density at radius 1 is 0.853 bits per heavy atom. The predicted molar refractivity (Wildman–Crippen MR) is 142 cm³/mol. The van der Waals surface area contributed by atoms with Crippen LogP contribution in [0.5, 0.6) is 0 Å². The molecule has 1 atom stereocenters. The van der Waals surface area contributed by atoms with Gasteiger partial charge in [-0.25, -0.2) is 4.98 Å². The minimum atomic E-state index is 0.143. The minimum absolute atomic E-state index is 0.143. The van der Waals surface area contributed by atoms with E-state index in [1.165, 1.54) is 75.3 Å². The summed E-state index contributed by atoms with van der Waals surface area (Å²) in [6.45, 7) is 6.05. The largest absolute Gasteiger partial charge is 0.328 e. The zero-order valence-corrected chi connectivity index (χ0v) is 21.1. The van der Waals surface area contributed by atoms with Crippen molar-refractivity contribution >= 4 is 22.6 Å². The first kappa shape index (κ1) is 24.5. The van der Waals surface area contributed by atoms with Crippen LogP contribution in [0.2, 0.25) is 0 Å². The Morgan fingerprint density at radius 3 is 2.21 bits per heavy atom. The van der Waals surface area contributed by atoms with Crippen LogP contribution in [-0.4, -0.2) is 22.0 Å².